The summed E-state index contributed by atoms with van der Waals surface area (Å²) in [6, 6.07) is 7.84. The van der Waals surface area contributed by atoms with Crippen molar-refractivity contribution in [3.05, 3.63) is 29.8 Å². The van der Waals surface area contributed by atoms with E-state index in [4.69, 9.17) is 9.47 Å². The van der Waals surface area contributed by atoms with Crippen LogP contribution in [0.5, 0.6) is 5.75 Å². The molecular formula is C17H26N2O4S. The van der Waals surface area contributed by atoms with Gasteiger partial charge in [-0.1, -0.05) is 12.1 Å². The Kier molecular flexibility index (Phi) is 5.44. The summed E-state index contributed by atoms with van der Waals surface area (Å²) in [5.74, 6) is 1.22. The first-order valence-corrected chi connectivity index (χ1v) is 10.3. The summed E-state index contributed by atoms with van der Waals surface area (Å²) in [4.78, 5) is 2.32. The molecule has 24 heavy (non-hydrogen) atoms. The Morgan fingerprint density at radius 3 is 2.71 bits per heavy atom. The van der Waals surface area contributed by atoms with E-state index in [2.05, 4.69) is 21.8 Å². The minimum absolute atomic E-state index is 0.0133. The zero-order chi connectivity index (χ0) is 17.2. The summed E-state index contributed by atoms with van der Waals surface area (Å²) in [6.07, 6.45) is 3.34. The summed E-state index contributed by atoms with van der Waals surface area (Å²) >= 11 is 0. The first kappa shape index (κ1) is 17.7. The number of methoxy groups -OCH3 is 1. The summed E-state index contributed by atoms with van der Waals surface area (Å²) in [6.45, 7) is 3.13. The highest BCUT2D eigenvalue weighted by Crippen LogP contribution is 2.30. The second kappa shape index (κ2) is 7.39. The molecule has 2 aliphatic heterocycles. The molecule has 0 spiro atoms. The Labute approximate surface area is 144 Å². The molecule has 134 valence electrons. The maximum atomic E-state index is 11.7. The lowest BCUT2D eigenvalue weighted by Gasteiger charge is -2.45. The first-order valence-electron chi connectivity index (χ1n) is 8.39. The monoisotopic (exact) mass is 354 g/mol. The van der Waals surface area contributed by atoms with Crippen LogP contribution in [0.2, 0.25) is 0 Å². The van der Waals surface area contributed by atoms with E-state index in [0.29, 0.717) is 12.5 Å². The van der Waals surface area contributed by atoms with Crippen LogP contribution in [0.3, 0.4) is 0 Å². The van der Waals surface area contributed by atoms with Gasteiger partial charge >= 0.3 is 0 Å². The van der Waals surface area contributed by atoms with Gasteiger partial charge in [-0.3, -0.25) is 4.90 Å². The number of ether oxygens (including phenoxy) is 2. The molecule has 1 aromatic rings. The number of rotatable bonds is 5. The van der Waals surface area contributed by atoms with Crippen LogP contribution in [0.1, 0.15) is 18.4 Å². The van der Waals surface area contributed by atoms with Crippen molar-refractivity contribution in [1.29, 1.82) is 0 Å². The minimum Gasteiger partial charge on any atom is -0.497 e. The van der Waals surface area contributed by atoms with Crippen molar-refractivity contribution < 1.29 is 17.9 Å². The Bertz CT molecular complexity index is 647. The molecular weight excluding hydrogens is 328 g/mol. The van der Waals surface area contributed by atoms with Crippen molar-refractivity contribution in [2.24, 2.45) is 5.92 Å². The average Bonchev–Trinajstić information content (AvgIpc) is 2.54. The second-order valence-electron chi connectivity index (χ2n) is 6.78. The molecule has 6 nitrogen and oxygen atoms in total. The summed E-state index contributed by atoms with van der Waals surface area (Å²) < 4.78 is 37.3. The molecule has 0 amide bonds. The highest BCUT2D eigenvalue weighted by molar-refractivity contribution is 7.88. The molecule has 1 aromatic carbocycles. The van der Waals surface area contributed by atoms with Gasteiger partial charge < -0.3 is 9.47 Å². The highest BCUT2D eigenvalue weighted by atomic mass is 32.2. The summed E-state index contributed by atoms with van der Waals surface area (Å²) in [7, 11) is -1.60. The van der Waals surface area contributed by atoms with Crippen LogP contribution in [0, 0.1) is 5.92 Å². The average molecular weight is 354 g/mol. The summed E-state index contributed by atoms with van der Waals surface area (Å²) in [5, 5.41) is 0. The van der Waals surface area contributed by atoms with Gasteiger partial charge in [-0.2, -0.15) is 0 Å². The number of nitrogens with zero attached hydrogens (tertiary/aromatic N) is 1. The third kappa shape index (κ3) is 4.47. The second-order valence-corrected chi connectivity index (χ2v) is 8.56. The van der Waals surface area contributed by atoms with Crippen LogP contribution in [-0.2, 0) is 21.3 Å². The van der Waals surface area contributed by atoms with Crippen molar-refractivity contribution in [1.82, 2.24) is 9.62 Å². The molecule has 0 bridgehead atoms. The topological polar surface area (TPSA) is 67.9 Å². The standard InChI is InChI=1S/C17H26N2O4S/c1-22-15-7-5-13(6-8-15)10-19-11-14-4-3-9-23-17(14)16(12-19)18-24(2,20)21/h5-8,14,16-18H,3-4,9-12H2,1-2H3/t14-,16+,17-/m0/s1. The molecule has 0 unspecified atom stereocenters. The van der Waals surface area contributed by atoms with E-state index in [0.717, 1.165) is 38.3 Å². The van der Waals surface area contributed by atoms with Gasteiger partial charge in [0.25, 0.3) is 0 Å². The number of hydrogen-bond acceptors (Lipinski definition) is 5. The largest absolute Gasteiger partial charge is 0.497 e. The van der Waals surface area contributed by atoms with E-state index in [1.807, 2.05) is 12.1 Å². The van der Waals surface area contributed by atoms with E-state index >= 15 is 0 Å². The van der Waals surface area contributed by atoms with Gasteiger partial charge in [-0.05, 0) is 36.5 Å². The predicted octanol–water partition coefficient (Wildman–Crippen LogP) is 1.22. The molecule has 0 aliphatic carbocycles. The number of sulfonamides is 1. The predicted molar refractivity (Wildman–Crippen MR) is 92.5 cm³/mol. The molecule has 7 heteroatoms. The maximum Gasteiger partial charge on any atom is 0.209 e. The van der Waals surface area contributed by atoms with Gasteiger partial charge in [0.1, 0.15) is 5.75 Å². The van der Waals surface area contributed by atoms with Gasteiger partial charge in [-0.15, -0.1) is 0 Å². The SMILES string of the molecule is COc1ccc(CN2C[C@@H]3CCCO[C@@H]3[C@H](NS(C)(=O)=O)C2)cc1. The third-order valence-corrected chi connectivity index (χ3v) is 5.50. The fraction of sp³-hybridized carbons (Fsp3) is 0.647. The van der Waals surface area contributed by atoms with Crippen LogP contribution in [0.4, 0.5) is 0 Å². The zero-order valence-electron chi connectivity index (χ0n) is 14.3. The van der Waals surface area contributed by atoms with Crippen molar-refractivity contribution in [3.8, 4) is 5.75 Å². The fourth-order valence-electron chi connectivity index (χ4n) is 3.79. The van der Waals surface area contributed by atoms with E-state index < -0.39 is 10.0 Å². The van der Waals surface area contributed by atoms with Gasteiger partial charge in [-0.25, -0.2) is 13.1 Å². The smallest absolute Gasteiger partial charge is 0.209 e. The zero-order valence-corrected chi connectivity index (χ0v) is 15.1. The molecule has 1 N–H and O–H groups in total. The number of benzene rings is 1. The Morgan fingerprint density at radius 2 is 2.04 bits per heavy atom. The number of fused-ring (bicyclic) bond motifs is 1. The van der Waals surface area contributed by atoms with Gasteiger partial charge in [0, 0.05) is 26.2 Å². The van der Waals surface area contributed by atoms with Crippen LogP contribution in [0.15, 0.2) is 24.3 Å². The number of piperidine rings is 1. The van der Waals surface area contributed by atoms with E-state index in [1.54, 1.807) is 7.11 Å². The molecule has 2 aliphatic rings. The van der Waals surface area contributed by atoms with Crippen molar-refractivity contribution in [2.75, 3.05) is 33.1 Å². The maximum absolute atomic E-state index is 11.7. The first-order chi connectivity index (χ1) is 11.4. The number of nitrogens with one attached hydrogen (secondary N) is 1. The van der Waals surface area contributed by atoms with E-state index in [9.17, 15) is 8.42 Å². The molecule has 3 atom stereocenters. The minimum atomic E-state index is -3.25. The lowest BCUT2D eigenvalue weighted by atomic mass is 9.85. The van der Waals surface area contributed by atoms with Crippen LogP contribution >= 0.6 is 0 Å². The fourth-order valence-corrected chi connectivity index (χ4v) is 4.55. The highest BCUT2D eigenvalue weighted by Gasteiger charge is 2.40. The summed E-state index contributed by atoms with van der Waals surface area (Å²) in [5.41, 5.74) is 1.20. The molecule has 2 saturated heterocycles. The van der Waals surface area contributed by atoms with Crippen molar-refractivity contribution in [3.63, 3.8) is 0 Å². The van der Waals surface area contributed by atoms with E-state index in [-0.39, 0.29) is 12.1 Å². The Hall–Kier alpha value is -1.15. The number of likely N-dealkylation sites (tertiary alicyclic amines) is 1. The molecule has 2 fully saturated rings. The van der Waals surface area contributed by atoms with Crippen molar-refractivity contribution >= 4 is 10.0 Å². The molecule has 2 heterocycles. The molecule has 0 radical (unpaired) electrons. The number of hydrogen-bond donors (Lipinski definition) is 1. The van der Waals surface area contributed by atoms with Crippen LogP contribution < -0.4 is 9.46 Å². The lowest BCUT2D eigenvalue weighted by molar-refractivity contribution is -0.0823. The lowest BCUT2D eigenvalue weighted by Crippen LogP contribution is -2.60. The molecule has 0 aromatic heterocycles. The van der Waals surface area contributed by atoms with Crippen molar-refractivity contribution in [2.45, 2.75) is 31.5 Å². The molecule has 0 saturated carbocycles. The van der Waals surface area contributed by atoms with Gasteiger partial charge in [0.15, 0.2) is 0 Å². The quantitative estimate of drug-likeness (QED) is 0.861. The van der Waals surface area contributed by atoms with Crippen LogP contribution in [0.25, 0.3) is 0 Å². The normalized spacial score (nSPS) is 28.3. The van der Waals surface area contributed by atoms with Crippen LogP contribution in [-0.4, -0.2) is 58.5 Å². The van der Waals surface area contributed by atoms with Gasteiger partial charge in [0.05, 0.1) is 25.5 Å². The Balaban J connectivity index is 1.71. The van der Waals surface area contributed by atoms with Gasteiger partial charge in [0.2, 0.25) is 10.0 Å². The molecule has 3 rings (SSSR count). The third-order valence-electron chi connectivity index (χ3n) is 4.77. The Morgan fingerprint density at radius 1 is 1.29 bits per heavy atom. The van der Waals surface area contributed by atoms with E-state index in [1.165, 1.54) is 11.8 Å².